The summed E-state index contributed by atoms with van der Waals surface area (Å²) in [5.41, 5.74) is 1.11. The molecule has 28 heavy (non-hydrogen) atoms. The highest BCUT2D eigenvalue weighted by atomic mass is 32.2. The number of hydrogen-bond donors (Lipinski definition) is 2. The van der Waals surface area contributed by atoms with Crippen LogP contribution in [-0.4, -0.2) is 33.5 Å². The monoisotopic (exact) mass is 398 g/mol. The number of aromatic amines is 1. The number of nitrogens with one attached hydrogen (secondary N) is 2. The second-order valence-corrected chi connectivity index (χ2v) is 7.39. The molecular weight excluding hydrogens is 380 g/mol. The van der Waals surface area contributed by atoms with E-state index in [4.69, 9.17) is 5.26 Å². The number of nitrogens with zero attached hydrogens (tertiary/aromatic N) is 2. The van der Waals surface area contributed by atoms with Gasteiger partial charge in [0.15, 0.2) is 5.78 Å². The fraction of sp³-hybridized carbons (Fsp3) is 0.316. The SMILES string of the molecule is N#Cc1cccc(C(=O)CNC(=O)CCn2c3c(c(=O)[nH]c2=O)CSCC3)c1. The van der Waals surface area contributed by atoms with E-state index in [1.54, 1.807) is 30.0 Å². The summed E-state index contributed by atoms with van der Waals surface area (Å²) in [6.45, 7) is -0.0600. The van der Waals surface area contributed by atoms with Crippen LogP contribution in [0.2, 0.25) is 0 Å². The van der Waals surface area contributed by atoms with Crippen LogP contribution >= 0.6 is 11.8 Å². The number of ketones is 1. The van der Waals surface area contributed by atoms with Gasteiger partial charge >= 0.3 is 5.69 Å². The summed E-state index contributed by atoms with van der Waals surface area (Å²) in [6, 6.07) is 8.22. The van der Waals surface area contributed by atoms with Gasteiger partial charge in [0.2, 0.25) is 5.91 Å². The van der Waals surface area contributed by atoms with Crippen molar-refractivity contribution in [2.24, 2.45) is 0 Å². The Morgan fingerprint density at radius 1 is 1.32 bits per heavy atom. The van der Waals surface area contributed by atoms with Crippen LogP contribution in [0.1, 0.15) is 33.6 Å². The lowest BCUT2D eigenvalue weighted by Crippen LogP contribution is -2.38. The van der Waals surface area contributed by atoms with E-state index < -0.39 is 5.69 Å². The summed E-state index contributed by atoms with van der Waals surface area (Å²) in [7, 11) is 0. The standard InChI is InChI=1S/C19H18N4O4S/c20-9-12-2-1-3-13(8-12)16(24)10-21-17(25)4-6-23-15-5-7-28-11-14(15)18(26)22-19(23)27/h1-3,8H,4-7,10-11H2,(H,21,25)(H,22,26,27). The third-order valence-corrected chi connectivity index (χ3v) is 5.45. The Bertz CT molecular complexity index is 1080. The molecule has 1 aliphatic heterocycles. The van der Waals surface area contributed by atoms with Gasteiger partial charge in [0.05, 0.1) is 18.2 Å². The van der Waals surface area contributed by atoms with Crippen LogP contribution in [0.25, 0.3) is 0 Å². The van der Waals surface area contributed by atoms with E-state index in [1.165, 1.54) is 10.6 Å². The van der Waals surface area contributed by atoms with E-state index in [2.05, 4.69) is 10.3 Å². The number of rotatable bonds is 6. The lowest BCUT2D eigenvalue weighted by Gasteiger charge is -2.19. The Labute approximate surface area is 164 Å². The van der Waals surface area contributed by atoms with Gasteiger partial charge in [-0.25, -0.2) is 4.79 Å². The smallest absolute Gasteiger partial charge is 0.328 e. The molecule has 1 aromatic heterocycles. The number of aromatic nitrogens is 2. The molecule has 0 atom stereocenters. The molecule has 1 aliphatic rings. The van der Waals surface area contributed by atoms with E-state index in [0.29, 0.717) is 34.6 Å². The van der Waals surface area contributed by atoms with Gasteiger partial charge in [-0.15, -0.1) is 0 Å². The number of hydrogen-bond acceptors (Lipinski definition) is 6. The molecule has 0 radical (unpaired) electrons. The second-order valence-electron chi connectivity index (χ2n) is 6.28. The van der Waals surface area contributed by atoms with Crippen molar-refractivity contribution in [3.05, 3.63) is 67.5 Å². The minimum absolute atomic E-state index is 0.0110. The van der Waals surface area contributed by atoms with Gasteiger partial charge in [-0.2, -0.15) is 17.0 Å². The fourth-order valence-electron chi connectivity index (χ4n) is 3.02. The molecule has 0 spiro atoms. The first kappa shape index (κ1) is 19.6. The van der Waals surface area contributed by atoms with Gasteiger partial charge in [-0.1, -0.05) is 12.1 Å². The maximum atomic E-state index is 12.2. The molecule has 2 aromatic rings. The predicted octanol–water partition coefficient (Wildman–Crippen LogP) is 0.587. The number of fused-ring (bicyclic) bond motifs is 1. The van der Waals surface area contributed by atoms with Gasteiger partial charge in [-0.05, 0) is 24.3 Å². The van der Waals surface area contributed by atoms with Crippen molar-refractivity contribution in [2.75, 3.05) is 12.3 Å². The predicted molar refractivity (Wildman–Crippen MR) is 104 cm³/mol. The zero-order valence-corrected chi connectivity index (χ0v) is 15.8. The molecular formula is C19H18N4O4S. The summed E-state index contributed by atoms with van der Waals surface area (Å²) in [5.74, 6) is 0.689. The quantitative estimate of drug-likeness (QED) is 0.686. The Kier molecular flexibility index (Phi) is 6.11. The van der Waals surface area contributed by atoms with Crippen molar-refractivity contribution >= 4 is 23.5 Å². The van der Waals surface area contributed by atoms with Crippen LogP contribution < -0.4 is 16.6 Å². The highest BCUT2D eigenvalue weighted by Gasteiger charge is 2.19. The van der Waals surface area contributed by atoms with Gasteiger partial charge < -0.3 is 5.32 Å². The van der Waals surface area contributed by atoms with Crippen molar-refractivity contribution < 1.29 is 9.59 Å². The molecule has 2 heterocycles. The second kappa shape index (κ2) is 8.71. The Balaban J connectivity index is 1.61. The third-order valence-electron chi connectivity index (χ3n) is 4.47. The van der Waals surface area contributed by atoms with Crippen LogP contribution in [0.3, 0.4) is 0 Å². The molecule has 0 saturated heterocycles. The number of amides is 1. The first-order valence-electron chi connectivity index (χ1n) is 8.72. The average Bonchev–Trinajstić information content (AvgIpc) is 2.71. The van der Waals surface area contributed by atoms with Crippen molar-refractivity contribution in [3.8, 4) is 6.07 Å². The van der Waals surface area contributed by atoms with Gasteiger partial charge in [0.1, 0.15) is 0 Å². The fourth-order valence-corrected chi connectivity index (χ4v) is 4.00. The van der Waals surface area contributed by atoms with Crippen LogP contribution in [0.15, 0.2) is 33.9 Å². The Hall–Kier alpha value is -3.12. The lowest BCUT2D eigenvalue weighted by molar-refractivity contribution is -0.121. The summed E-state index contributed by atoms with van der Waals surface area (Å²) in [4.78, 5) is 50.6. The van der Waals surface area contributed by atoms with Crippen molar-refractivity contribution in [1.82, 2.24) is 14.9 Å². The molecule has 3 rings (SSSR count). The number of Topliss-reactive ketones (excluding diaryl/α,β-unsaturated/α-hetero) is 1. The average molecular weight is 398 g/mol. The lowest BCUT2D eigenvalue weighted by atomic mass is 10.1. The zero-order chi connectivity index (χ0) is 20.1. The van der Waals surface area contributed by atoms with Crippen molar-refractivity contribution in [1.29, 1.82) is 5.26 Å². The molecule has 0 unspecified atom stereocenters. The van der Waals surface area contributed by atoms with Gasteiger partial charge in [0, 0.05) is 35.5 Å². The van der Waals surface area contributed by atoms with Crippen molar-refractivity contribution in [3.63, 3.8) is 0 Å². The molecule has 144 valence electrons. The largest absolute Gasteiger partial charge is 0.349 e. The first-order valence-corrected chi connectivity index (χ1v) is 9.87. The molecule has 1 aromatic carbocycles. The van der Waals surface area contributed by atoms with Crippen LogP contribution in [0.4, 0.5) is 0 Å². The summed E-state index contributed by atoms with van der Waals surface area (Å²) in [5, 5.41) is 11.4. The van der Waals surface area contributed by atoms with Crippen LogP contribution in [-0.2, 0) is 23.5 Å². The first-order chi connectivity index (χ1) is 13.5. The molecule has 0 bridgehead atoms. The number of nitriles is 1. The van der Waals surface area contributed by atoms with E-state index in [-0.39, 0.29) is 36.8 Å². The summed E-state index contributed by atoms with van der Waals surface area (Å²) >= 11 is 1.63. The maximum Gasteiger partial charge on any atom is 0.328 e. The number of benzene rings is 1. The van der Waals surface area contributed by atoms with E-state index in [0.717, 1.165) is 5.75 Å². The Morgan fingerprint density at radius 3 is 2.93 bits per heavy atom. The topological polar surface area (TPSA) is 125 Å². The normalized spacial score (nSPS) is 12.7. The molecule has 0 aliphatic carbocycles. The highest BCUT2D eigenvalue weighted by molar-refractivity contribution is 7.98. The van der Waals surface area contributed by atoms with Crippen molar-refractivity contribution in [2.45, 2.75) is 25.1 Å². The van der Waals surface area contributed by atoms with E-state index in [9.17, 15) is 19.2 Å². The summed E-state index contributed by atoms with van der Waals surface area (Å²) in [6.07, 6.45) is 0.617. The highest BCUT2D eigenvalue weighted by Crippen LogP contribution is 2.20. The third kappa shape index (κ3) is 4.40. The van der Waals surface area contributed by atoms with Crippen LogP contribution in [0.5, 0.6) is 0 Å². The minimum atomic E-state index is -0.521. The molecule has 2 N–H and O–H groups in total. The molecule has 0 saturated carbocycles. The number of carbonyl (C=O) groups is 2. The maximum absolute atomic E-state index is 12.2. The number of H-pyrrole nitrogens is 1. The molecule has 8 nitrogen and oxygen atoms in total. The van der Waals surface area contributed by atoms with Gasteiger partial charge in [0.25, 0.3) is 5.56 Å². The zero-order valence-electron chi connectivity index (χ0n) is 15.0. The molecule has 9 heteroatoms. The van der Waals surface area contributed by atoms with E-state index in [1.807, 2.05) is 6.07 Å². The molecule has 1 amide bonds. The number of carbonyl (C=O) groups excluding carboxylic acids is 2. The number of thioether (sulfide) groups is 1. The summed E-state index contributed by atoms with van der Waals surface area (Å²) < 4.78 is 1.44. The van der Waals surface area contributed by atoms with Gasteiger partial charge in [-0.3, -0.25) is 23.9 Å². The van der Waals surface area contributed by atoms with Crippen LogP contribution in [0, 0.1) is 11.3 Å². The van der Waals surface area contributed by atoms with E-state index >= 15 is 0 Å². The minimum Gasteiger partial charge on any atom is -0.349 e. The molecule has 0 fully saturated rings. The Morgan fingerprint density at radius 2 is 2.14 bits per heavy atom.